The van der Waals surface area contributed by atoms with Gasteiger partial charge in [-0.05, 0) is 36.4 Å². The molecule has 0 saturated carbocycles. The van der Waals surface area contributed by atoms with Gasteiger partial charge < -0.3 is 0 Å². The first-order chi connectivity index (χ1) is 12.1. The molecule has 0 N–H and O–H groups in total. The first kappa shape index (κ1) is 16.2. The third-order valence-corrected chi connectivity index (χ3v) is 3.52. The molecule has 0 unspecified atom stereocenters. The minimum Gasteiger partial charge on any atom is -0.289 e. The van der Waals surface area contributed by atoms with Crippen LogP contribution in [-0.4, -0.2) is 10.7 Å². The average molecular weight is 331 g/mol. The predicted octanol–water partition coefficient (Wildman–Crippen LogP) is 5.24. The zero-order valence-corrected chi connectivity index (χ0v) is 13.1. The van der Waals surface area contributed by atoms with Crippen molar-refractivity contribution in [1.29, 1.82) is 0 Å². The normalized spacial score (nSPS) is 10.7. The summed E-state index contributed by atoms with van der Waals surface area (Å²) in [7, 11) is 0. The van der Waals surface area contributed by atoms with Crippen molar-refractivity contribution in [3.63, 3.8) is 0 Å². The number of nitro benzene ring substituents is 1. The molecule has 0 aliphatic rings. The third kappa shape index (κ3) is 3.81. The number of carbonyl (C=O) groups excluding carboxylic acids is 1. The summed E-state index contributed by atoms with van der Waals surface area (Å²) < 4.78 is 0. The van der Waals surface area contributed by atoms with Crippen LogP contribution >= 0.6 is 0 Å². The van der Waals surface area contributed by atoms with Gasteiger partial charge in [-0.3, -0.25) is 14.9 Å². The molecule has 0 radical (unpaired) electrons. The molecular weight excluding hydrogens is 318 g/mol. The van der Waals surface area contributed by atoms with Gasteiger partial charge in [0.25, 0.3) is 5.69 Å². The average Bonchev–Trinajstić information content (AvgIpc) is 2.67. The smallest absolute Gasteiger partial charge is 0.269 e. The third-order valence-electron chi connectivity index (χ3n) is 3.52. The second-order valence-corrected chi connectivity index (χ2v) is 5.19. The monoisotopic (exact) mass is 331 g/mol. The first-order valence-electron chi connectivity index (χ1n) is 7.50. The van der Waals surface area contributed by atoms with Crippen molar-refractivity contribution in [1.82, 2.24) is 0 Å². The summed E-state index contributed by atoms with van der Waals surface area (Å²) in [5, 5.41) is 19.0. The molecule has 0 aromatic heterocycles. The molecule has 0 heterocycles. The van der Waals surface area contributed by atoms with Gasteiger partial charge >= 0.3 is 0 Å². The topological polar surface area (TPSA) is 84.9 Å². The molecule has 122 valence electrons. The Morgan fingerprint density at radius 2 is 1.44 bits per heavy atom. The fourth-order valence-electron chi connectivity index (χ4n) is 2.25. The van der Waals surface area contributed by atoms with Crippen LogP contribution in [0.15, 0.2) is 89.1 Å². The molecule has 0 saturated heterocycles. The lowest BCUT2D eigenvalue weighted by atomic mass is 10.0. The second kappa shape index (κ2) is 7.27. The van der Waals surface area contributed by atoms with Gasteiger partial charge in [-0.25, -0.2) is 0 Å². The minimum atomic E-state index is -0.504. The van der Waals surface area contributed by atoms with Crippen LogP contribution in [-0.2, 0) is 0 Å². The van der Waals surface area contributed by atoms with Gasteiger partial charge in [0.1, 0.15) is 0 Å². The number of rotatable bonds is 5. The van der Waals surface area contributed by atoms with E-state index in [9.17, 15) is 14.9 Å². The van der Waals surface area contributed by atoms with Crippen molar-refractivity contribution < 1.29 is 9.72 Å². The van der Waals surface area contributed by atoms with Crippen LogP contribution in [0.2, 0.25) is 0 Å². The van der Waals surface area contributed by atoms with Gasteiger partial charge in [0.2, 0.25) is 0 Å². The summed E-state index contributed by atoms with van der Waals surface area (Å²) >= 11 is 0. The van der Waals surface area contributed by atoms with E-state index in [0.29, 0.717) is 22.5 Å². The summed E-state index contributed by atoms with van der Waals surface area (Å²) in [6.07, 6.45) is 0. The summed E-state index contributed by atoms with van der Waals surface area (Å²) in [5.41, 5.74) is 1.80. The molecule has 25 heavy (non-hydrogen) atoms. The van der Waals surface area contributed by atoms with Crippen LogP contribution in [0.5, 0.6) is 0 Å². The van der Waals surface area contributed by atoms with Crippen LogP contribution in [0.3, 0.4) is 0 Å². The fraction of sp³-hybridized carbons (Fsp3) is 0. The lowest BCUT2D eigenvalue weighted by Crippen LogP contribution is -2.01. The van der Waals surface area contributed by atoms with E-state index in [0.717, 1.165) is 0 Å². The van der Waals surface area contributed by atoms with Crippen molar-refractivity contribution in [2.75, 3.05) is 0 Å². The summed E-state index contributed by atoms with van der Waals surface area (Å²) in [5.74, 6) is -0.266. The molecule has 0 fully saturated rings. The van der Waals surface area contributed by atoms with Crippen LogP contribution in [0.25, 0.3) is 0 Å². The minimum absolute atomic E-state index is 0.0615. The number of benzene rings is 3. The highest BCUT2D eigenvalue weighted by Crippen LogP contribution is 2.25. The van der Waals surface area contributed by atoms with Gasteiger partial charge in [-0.15, -0.1) is 5.11 Å². The Labute approximate surface area is 143 Å². The Morgan fingerprint density at radius 1 is 0.800 bits per heavy atom. The Hall–Kier alpha value is -3.67. The maximum atomic E-state index is 12.7. The van der Waals surface area contributed by atoms with E-state index in [4.69, 9.17) is 0 Å². The molecule has 3 aromatic rings. The highest BCUT2D eigenvalue weighted by molar-refractivity contribution is 6.12. The quantitative estimate of drug-likeness (QED) is 0.277. The van der Waals surface area contributed by atoms with E-state index in [1.54, 1.807) is 24.3 Å². The number of carbonyl (C=O) groups is 1. The zero-order valence-electron chi connectivity index (χ0n) is 13.1. The van der Waals surface area contributed by atoms with E-state index < -0.39 is 4.92 Å². The number of nitrogens with zero attached hydrogens (tertiary/aromatic N) is 3. The van der Waals surface area contributed by atoms with Gasteiger partial charge in [0, 0.05) is 17.7 Å². The Bertz CT molecular complexity index is 936. The van der Waals surface area contributed by atoms with Crippen LogP contribution in [0.4, 0.5) is 17.1 Å². The lowest BCUT2D eigenvalue weighted by molar-refractivity contribution is -0.384. The van der Waals surface area contributed by atoms with Gasteiger partial charge in [0.15, 0.2) is 5.78 Å². The number of hydrogen-bond donors (Lipinski definition) is 0. The van der Waals surface area contributed by atoms with Crippen LogP contribution < -0.4 is 0 Å². The molecular formula is C19H13N3O3. The van der Waals surface area contributed by atoms with Gasteiger partial charge in [-0.2, -0.15) is 5.11 Å². The van der Waals surface area contributed by atoms with E-state index >= 15 is 0 Å². The SMILES string of the molecule is O=C(c1ccc([N+](=O)[O-])cc1)c1ccccc1N=Nc1ccccc1. The number of hydrogen-bond acceptors (Lipinski definition) is 5. The molecule has 0 spiro atoms. The molecule has 6 nitrogen and oxygen atoms in total. The zero-order chi connectivity index (χ0) is 17.6. The Morgan fingerprint density at radius 3 is 2.12 bits per heavy atom. The van der Waals surface area contributed by atoms with E-state index in [1.807, 2.05) is 30.3 Å². The van der Waals surface area contributed by atoms with E-state index in [1.165, 1.54) is 24.3 Å². The number of ketones is 1. The molecule has 3 rings (SSSR count). The second-order valence-electron chi connectivity index (χ2n) is 5.19. The van der Waals surface area contributed by atoms with Gasteiger partial charge in [0.05, 0.1) is 21.9 Å². The van der Waals surface area contributed by atoms with Crippen molar-refractivity contribution in [2.45, 2.75) is 0 Å². The molecule has 6 heteroatoms. The highest BCUT2D eigenvalue weighted by Gasteiger charge is 2.14. The standard InChI is InChI=1S/C19H13N3O3/c23-19(14-10-12-16(13-11-14)22(24)25)17-8-4-5-9-18(17)21-20-15-6-2-1-3-7-15/h1-13H. The number of nitro groups is 1. The summed E-state index contributed by atoms with van der Waals surface area (Å²) in [6, 6.07) is 21.5. The lowest BCUT2D eigenvalue weighted by Gasteiger charge is -2.04. The molecule has 0 aliphatic heterocycles. The maximum Gasteiger partial charge on any atom is 0.269 e. The molecule has 3 aromatic carbocycles. The van der Waals surface area contributed by atoms with Gasteiger partial charge in [-0.1, -0.05) is 30.3 Å². The summed E-state index contributed by atoms with van der Waals surface area (Å²) in [4.78, 5) is 22.9. The van der Waals surface area contributed by atoms with Crippen LogP contribution in [0, 0.1) is 10.1 Å². The first-order valence-corrected chi connectivity index (χ1v) is 7.50. The summed E-state index contributed by atoms with van der Waals surface area (Å²) in [6.45, 7) is 0. The van der Waals surface area contributed by atoms with Crippen molar-refractivity contribution in [3.8, 4) is 0 Å². The molecule has 0 atom stereocenters. The van der Waals surface area contributed by atoms with E-state index in [2.05, 4.69) is 10.2 Å². The maximum absolute atomic E-state index is 12.7. The van der Waals surface area contributed by atoms with Crippen molar-refractivity contribution in [3.05, 3.63) is 100 Å². The van der Waals surface area contributed by atoms with Crippen molar-refractivity contribution in [2.24, 2.45) is 10.2 Å². The Kier molecular flexibility index (Phi) is 4.71. The number of non-ortho nitro benzene ring substituents is 1. The van der Waals surface area contributed by atoms with E-state index in [-0.39, 0.29) is 11.5 Å². The largest absolute Gasteiger partial charge is 0.289 e. The van der Waals surface area contributed by atoms with Crippen LogP contribution in [0.1, 0.15) is 15.9 Å². The Balaban J connectivity index is 1.91. The fourth-order valence-corrected chi connectivity index (χ4v) is 2.25. The number of azo groups is 1. The molecule has 0 amide bonds. The predicted molar refractivity (Wildman–Crippen MR) is 93.6 cm³/mol. The molecule has 0 bridgehead atoms. The molecule has 0 aliphatic carbocycles. The highest BCUT2D eigenvalue weighted by atomic mass is 16.6. The van der Waals surface area contributed by atoms with Crippen molar-refractivity contribution >= 4 is 22.8 Å².